The van der Waals surface area contributed by atoms with Crippen LogP contribution >= 0.6 is 0 Å². The van der Waals surface area contributed by atoms with E-state index in [1.165, 1.54) is 4.68 Å². The number of aromatic nitrogens is 3. The normalized spacial score (nSPS) is 11.7. The molecule has 1 atom stereocenters. The molecule has 4 rings (SSSR count). The maximum absolute atomic E-state index is 13.2. The molecule has 4 aromatic rings. The summed E-state index contributed by atoms with van der Waals surface area (Å²) in [5.41, 5.74) is 3.07. The molecule has 1 unspecified atom stereocenters. The smallest absolute Gasteiger partial charge is 0.290 e. The Morgan fingerprint density at radius 2 is 1.61 bits per heavy atom. The Balaban J connectivity index is 1.61. The van der Waals surface area contributed by atoms with Crippen molar-refractivity contribution in [3.8, 4) is 17.1 Å². The van der Waals surface area contributed by atoms with Crippen LogP contribution in [0.1, 0.15) is 22.8 Å². The van der Waals surface area contributed by atoms with E-state index >= 15 is 0 Å². The van der Waals surface area contributed by atoms with Gasteiger partial charge in [0.1, 0.15) is 5.75 Å². The number of carbonyl (C=O) groups is 1. The van der Waals surface area contributed by atoms with Crippen molar-refractivity contribution < 1.29 is 9.53 Å². The number of anilines is 1. The third-order valence-corrected chi connectivity index (χ3v) is 4.82. The van der Waals surface area contributed by atoms with Crippen molar-refractivity contribution in [3.05, 3.63) is 96.1 Å². The molecule has 6 nitrogen and oxygen atoms in total. The number of nitrogens with zero attached hydrogens (tertiary/aromatic N) is 3. The van der Waals surface area contributed by atoms with Gasteiger partial charge in [-0.25, -0.2) is 0 Å². The summed E-state index contributed by atoms with van der Waals surface area (Å²) in [6, 6.07) is 27.1. The van der Waals surface area contributed by atoms with Crippen molar-refractivity contribution in [1.82, 2.24) is 14.8 Å². The van der Waals surface area contributed by atoms with E-state index in [1.807, 2.05) is 91.9 Å². The minimum absolute atomic E-state index is 0.301. The van der Waals surface area contributed by atoms with Crippen LogP contribution in [0.15, 0.2) is 84.9 Å². The largest absolute Gasteiger partial charge is 0.481 e. The molecule has 0 aliphatic heterocycles. The summed E-state index contributed by atoms with van der Waals surface area (Å²) in [7, 11) is 0. The summed E-state index contributed by atoms with van der Waals surface area (Å²) in [6.07, 6.45) is -0.729. The summed E-state index contributed by atoms with van der Waals surface area (Å²) in [4.78, 5) is 17.8. The zero-order chi connectivity index (χ0) is 21.6. The molecule has 0 amide bonds. The second kappa shape index (κ2) is 9.26. The van der Waals surface area contributed by atoms with Gasteiger partial charge in [0.05, 0.1) is 0 Å². The fourth-order valence-electron chi connectivity index (χ4n) is 3.11. The fraction of sp³-hybridized carbons (Fsp3) is 0.160. The van der Waals surface area contributed by atoms with Crippen molar-refractivity contribution in [2.45, 2.75) is 26.5 Å². The van der Waals surface area contributed by atoms with Crippen molar-refractivity contribution in [2.75, 3.05) is 5.32 Å². The Kier molecular flexibility index (Phi) is 6.08. The standard InChI is InChI=1S/C25H24N4O2/c1-18-13-15-21(16-14-18)23-27-25(26-17-20-9-5-3-6-10-20)29(28-23)24(30)19(2)31-22-11-7-4-8-12-22/h3-16,19H,17H2,1-2H3,(H,26,27,28). The molecule has 3 aromatic carbocycles. The van der Waals surface area contributed by atoms with Crippen molar-refractivity contribution in [2.24, 2.45) is 0 Å². The molecule has 1 heterocycles. The molecular weight excluding hydrogens is 388 g/mol. The third-order valence-electron chi connectivity index (χ3n) is 4.82. The topological polar surface area (TPSA) is 69.0 Å². The lowest BCUT2D eigenvalue weighted by Gasteiger charge is -2.14. The van der Waals surface area contributed by atoms with Gasteiger partial charge in [0.25, 0.3) is 5.91 Å². The molecule has 156 valence electrons. The third kappa shape index (κ3) is 4.98. The minimum Gasteiger partial charge on any atom is -0.481 e. The number of hydrogen-bond donors (Lipinski definition) is 1. The Labute approximate surface area is 181 Å². The van der Waals surface area contributed by atoms with E-state index in [-0.39, 0.29) is 5.91 Å². The molecule has 0 bridgehead atoms. The highest BCUT2D eigenvalue weighted by Gasteiger charge is 2.23. The Morgan fingerprint density at radius 3 is 2.29 bits per heavy atom. The van der Waals surface area contributed by atoms with E-state index < -0.39 is 6.10 Å². The second-order valence-electron chi connectivity index (χ2n) is 7.29. The van der Waals surface area contributed by atoms with Gasteiger partial charge in [-0.3, -0.25) is 4.79 Å². The van der Waals surface area contributed by atoms with Gasteiger partial charge >= 0.3 is 0 Å². The highest BCUT2D eigenvalue weighted by Crippen LogP contribution is 2.20. The van der Waals surface area contributed by atoms with Crippen molar-refractivity contribution >= 4 is 11.9 Å². The molecular formula is C25H24N4O2. The number of carbonyl (C=O) groups excluding carboxylic acids is 1. The van der Waals surface area contributed by atoms with Gasteiger partial charge in [0.2, 0.25) is 5.95 Å². The van der Waals surface area contributed by atoms with Gasteiger partial charge < -0.3 is 10.1 Å². The van der Waals surface area contributed by atoms with Gasteiger partial charge in [0, 0.05) is 12.1 Å². The summed E-state index contributed by atoms with van der Waals surface area (Å²) >= 11 is 0. The van der Waals surface area contributed by atoms with Crippen LogP contribution in [0, 0.1) is 6.92 Å². The first-order chi connectivity index (χ1) is 15.1. The number of nitrogens with one attached hydrogen (secondary N) is 1. The average Bonchev–Trinajstić information content (AvgIpc) is 3.23. The first-order valence-corrected chi connectivity index (χ1v) is 10.2. The first kappa shape index (κ1) is 20.3. The average molecular weight is 412 g/mol. The van der Waals surface area contributed by atoms with Crippen LogP contribution < -0.4 is 10.1 Å². The molecule has 0 aliphatic rings. The molecule has 6 heteroatoms. The Bertz CT molecular complexity index is 1140. The second-order valence-corrected chi connectivity index (χ2v) is 7.29. The molecule has 31 heavy (non-hydrogen) atoms. The van der Waals surface area contributed by atoms with Crippen LogP contribution in [0.2, 0.25) is 0 Å². The SMILES string of the molecule is Cc1ccc(-c2nc(NCc3ccccc3)n(C(=O)C(C)Oc3ccccc3)n2)cc1. The zero-order valence-corrected chi connectivity index (χ0v) is 17.5. The van der Waals surface area contributed by atoms with E-state index in [2.05, 4.69) is 15.4 Å². The van der Waals surface area contributed by atoms with Crippen molar-refractivity contribution in [3.63, 3.8) is 0 Å². The van der Waals surface area contributed by atoms with E-state index in [4.69, 9.17) is 4.74 Å². The van der Waals surface area contributed by atoms with Gasteiger partial charge in [-0.15, -0.1) is 5.10 Å². The maximum Gasteiger partial charge on any atom is 0.290 e. The Morgan fingerprint density at radius 1 is 0.968 bits per heavy atom. The van der Waals surface area contributed by atoms with E-state index in [0.717, 1.165) is 16.7 Å². The van der Waals surface area contributed by atoms with Gasteiger partial charge in [-0.1, -0.05) is 78.4 Å². The van der Waals surface area contributed by atoms with Crippen LogP contribution in [0.4, 0.5) is 5.95 Å². The van der Waals surface area contributed by atoms with Crippen LogP contribution in [0.3, 0.4) is 0 Å². The summed E-state index contributed by atoms with van der Waals surface area (Å²) in [6.45, 7) is 4.26. The lowest BCUT2D eigenvalue weighted by atomic mass is 10.1. The molecule has 1 aromatic heterocycles. The van der Waals surface area contributed by atoms with Crippen LogP contribution in [-0.2, 0) is 6.54 Å². The lowest BCUT2D eigenvalue weighted by Crippen LogP contribution is -2.31. The van der Waals surface area contributed by atoms with Crippen LogP contribution in [-0.4, -0.2) is 26.8 Å². The summed E-state index contributed by atoms with van der Waals surface area (Å²) in [5.74, 6) is 1.19. The number of aryl methyl sites for hydroxylation is 1. The molecule has 0 aliphatic carbocycles. The van der Waals surface area contributed by atoms with Gasteiger partial charge in [-0.05, 0) is 31.5 Å². The predicted molar refractivity (Wildman–Crippen MR) is 121 cm³/mol. The number of para-hydroxylation sites is 1. The Hall–Kier alpha value is -3.93. The number of benzene rings is 3. The molecule has 0 fully saturated rings. The van der Waals surface area contributed by atoms with Crippen molar-refractivity contribution in [1.29, 1.82) is 0 Å². The molecule has 1 N–H and O–H groups in total. The molecule has 0 radical (unpaired) electrons. The summed E-state index contributed by atoms with van der Waals surface area (Å²) < 4.78 is 7.11. The quantitative estimate of drug-likeness (QED) is 0.464. The van der Waals surface area contributed by atoms with Crippen LogP contribution in [0.5, 0.6) is 5.75 Å². The summed E-state index contributed by atoms with van der Waals surface area (Å²) in [5, 5.41) is 7.74. The molecule has 0 spiro atoms. The lowest BCUT2D eigenvalue weighted by molar-refractivity contribution is 0.0713. The highest BCUT2D eigenvalue weighted by molar-refractivity contribution is 5.85. The monoisotopic (exact) mass is 412 g/mol. The first-order valence-electron chi connectivity index (χ1n) is 10.2. The molecule has 0 saturated carbocycles. The zero-order valence-electron chi connectivity index (χ0n) is 17.5. The van der Waals surface area contributed by atoms with Gasteiger partial charge in [0.15, 0.2) is 11.9 Å². The van der Waals surface area contributed by atoms with E-state index in [0.29, 0.717) is 24.1 Å². The molecule has 0 saturated heterocycles. The number of hydrogen-bond acceptors (Lipinski definition) is 5. The van der Waals surface area contributed by atoms with E-state index in [1.54, 1.807) is 6.92 Å². The van der Waals surface area contributed by atoms with Gasteiger partial charge in [-0.2, -0.15) is 9.67 Å². The minimum atomic E-state index is -0.729. The number of rotatable bonds is 7. The fourth-order valence-corrected chi connectivity index (χ4v) is 3.11. The number of ether oxygens (including phenoxy) is 1. The highest BCUT2D eigenvalue weighted by atomic mass is 16.5. The maximum atomic E-state index is 13.2. The van der Waals surface area contributed by atoms with Crippen LogP contribution in [0.25, 0.3) is 11.4 Å². The predicted octanol–water partition coefficient (Wildman–Crippen LogP) is 4.97. The van der Waals surface area contributed by atoms with E-state index in [9.17, 15) is 4.79 Å².